The summed E-state index contributed by atoms with van der Waals surface area (Å²) in [5.41, 5.74) is 2.48. The minimum Gasteiger partial charge on any atom is -0.347 e. The average Bonchev–Trinajstić information content (AvgIpc) is 3.30. The van der Waals surface area contributed by atoms with E-state index in [0.29, 0.717) is 32.1 Å². The van der Waals surface area contributed by atoms with Gasteiger partial charge in [-0.25, -0.2) is 14.4 Å². The van der Waals surface area contributed by atoms with Gasteiger partial charge in [-0.2, -0.15) is 17.0 Å². The number of benzene rings is 1. The van der Waals surface area contributed by atoms with Crippen LogP contribution in [-0.2, 0) is 10.2 Å². The predicted molar refractivity (Wildman–Crippen MR) is 115 cm³/mol. The summed E-state index contributed by atoms with van der Waals surface area (Å²) < 4.78 is 42.9. The Kier molecular flexibility index (Phi) is 6.04. The van der Waals surface area contributed by atoms with Crippen LogP contribution in [-0.4, -0.2) is 67.3 Å². The molecule has 0 saturated carbocycles. The van der Waals surface area contributed by atoms with Crippen LogP contribution >= 0.6 is 0 Å². The molecule has 2 fully saturated rings. The van der Waals surface area contributed by atoms with Crippen molar-refractivity contribution in [2.75, 3.05) is 45.2 Å². The Hall–Kier alpha value is -2.10. The zero-order valence-corrected chi connectivity index (χ0v) is 18.3. The Morgan fingerprint density at radius 2 is 1.70 bits per heavy atom. The summed E-state index contributed by atoms with van der Waals surface area (Å²) in [7, 11) is 0.304. The smallest absolute Gasteiger partial charge is 0.281 e. The first-order valence-electron chi connectivity index (χ1n) is 10.4. The van der Waals surface area contributed by atoms with Crippen LogP contribution in [0.5, 0.6) is 0 Å². The van der Waals surface area contributed by atoms with E-state index in [1.54, 1.807) is 26.9 Å². The Morgan fingerprint density at radius 3 is 2.37 bits per heavy atom. The van der Waals surface area contributed by atoms with Crippen molar-refractivity contribution in [3.8, 4) is 11.1 Å². The summed E-state index contributed by atoms with van der Waals surface area (Å²) in [5.74, 6) is 0.236. The zero-order valence-electron chi connectivity index (χ0n) is 17.5. The lowest BCUT2D eigenvalue weighted by Crippen LogP contribution is -2.46. The first kappa shape index (κ1) is 21.1. The SMILES string of the molecule is CN(C)c1ncc(-c2ccc(F)cc2)c(C2CCCN(S(=O)(=O)N3CCCC3)C2)n1. The van der Waals surface area contributed by atoms with Crippen LogP contribution in [0.25, 0.3) is 11.1 Å². The first-order valence-corrected chi connectivity index (χ1v) is 11.8. The third-order valence-electron chi connectivity index (χ3n) is 5.85. The molecule has 2 aromatic rings. The number of rotatable bonds is 5. The second-order valence-electron chi connectivity index (χ2n) is 8.18. The van der Waals surface area contributed by atoms with E-state index in [-0.39, 0.29) is 11.7 Å². The van der Waals surface area contributed by atoms with Gasteiger partial charge in [0, 0.05) is 58.0 Å². The molecule has 162 valence electrons. The Morgan fingerprint density at radius 1 is 1.03 bits per heavy atom. The molecule has 7 nitrogen and oxygen atoms in total. The van der Waals surface area contributed by atoms with Gasteiger partial charge in [-0.15, -0.1) is 0 Å². The molecule has 1 unspecified atom stereocenters. The molecule has 30 heavy (non-hydrogen) atoms. The molecule has 0 radical (unpaired) electrons. The minimum atomic E-state index is -3.45. The molecule has 2 saturated heterocycles. The maximum absolute atomic E-state index is 13.4. The highest BCUT2D eigenvalue weighted by atomic mass is 32.2. The second kappa shape index (κ2) is 8.56. The highest BCUT2D eigenvalue weighted by Gasteiger charge is 2.36. The summed E-state index contributed by atoms with van der Waals surface area (Å²) in [5, 5.41) is 0. The molecule has 1 aromatic carbocycles. The zero-order chi connectivity index (χ0) is 21.3. The standard InChI is InChI=1S/C21H28FN5O2S/c1-25(2)21-23-14-19(16-7-9-18(22)10-8-16)20(24-21)17-6-5-13-27(15-17)30(28,29)26-11-3-4-12-26/h7-10,14,17H,3-6,11-13,15H2,1-2H3. The highest BCUT2D eigenvalue weighted by molar-refractivity contribution is 7.86. The molecule has 0 N–H and O–H groups in total. The van der Waals surface area contributed by atoms with Gasteiger partial charge in [0.15, 0.2) is 0 Å². The number of piperidine rings is 1. The van der Waals surface area contributed by atoms with Gasteiger partial charge in [0.2, 0.25) is 5.95 Å². The number of hydrogen-bond acceptors (Lipinski definition) is 5. The van der Waals surface area contributed by atoms with Crippen LogP contribution in [0.1, 0.15) is 37.3 Å². The van der Waals surface area contributed by atoms with E-state index in [1.807, 2.05) is 19.0 Å². The molecule has 0 aliphatic carbocycles. The Bertz CT molecular complexity index is 991. The fraction of sp³-hybridized carbons (Fsp3) is 0.524. The van der Waals surface area contributed by atoms with Crippen LogP contribution in [0.4, 0.5) is 10.3 Å². The third-order valence-corrected chi connectivity index (χ3v) is 7.85. The van der Waals surface area contributed by atoms with E-state index in [1.165, 1.54) is 12.1 Å². The Balaban J connectivity index is 1.69. The maximum Gasteiger partial charge on any atom is 0.281 e. The topological polar surface area (TPSA) is 69.6 Å². The van der Waals surface area contributed by atoms with Crippen molar-refractivity contribution in [1.82, 2.24) is 18.6 Å². The van der Waals surface area contributed by atoms with Gasteiger partial charge in [0.05, 0.1) is 5.69 Å². The summed E-state index contributed by atoms with van der Waals surface area (Å²) in [6.45, 7) is 2.13. The number of hydrogen-bond donors (Lipinski definition) is 0. The van der Waals surface area contributed by atoms with Gasteiger partial charge in [-0.05, 0) is 43.4 Å². The van der Waals surface area contributed by atoms with Gasteiger partial charge in [0.1, 0.15) is 5.82 Å². The number of anilines is 1. The summed E-state index contributed by atoms with van der Waals surface area (Å²) in [6, 6.07) is 6.27. The molecule has 2 aliphatic heterocycles. The van der Waals surface area contributed by atoms with Crippen LogP contribution in [0.3, 0.4) is 0 Å². The first-order chi connectivity index (χ1) is 14.4. The molecule has 0 bridgehead atoms. The maximum atomic E-state index is 13.4. The molecule has 3 heterocycles. The van der Waals surface area contributed by atoms with Crippen LogP contribution in [0.2, 0.25) is 0 Å². The fourth-order valence-electron chi connectivity index (χ4n) is 4.22. The van der Waals surface area contributed by atoms with Crippen molar-refractivity contribution in [3.05, 3.63) is 42.0 Å². The summed E-state index contributed by atoms with van der Waals surface area (Å²) >= 11 is 0. The van der Waals surface area contributed by atoms with Gasteiger partial charge >= 0.3 is 0 Å². The van der Waals surface area contributed by atoms with Gasteiger partial charge in [0.25, 0.3) is 10.2 Å². The Labute approximate surface area is 177 Å². The summed E-state index contributed by atoms with van der Waals surface area (Å²) in [6.07, 6.45) is 5.23. The highest BCUT2D eigenvalue weighted by Crippen LogP contribution is 2.35. The monoisotopic (exact) mass is 433 g/mol. The van der Waals surface area contributed by atoms with E-state index in [0.717, 1.165) is 42.5 Å². The van der Waals surface area contributed by atoms with Crippen molar-refractivity contribution < 1.29 is 12.8 Å². The van der Waals surface area contributed by atoms with E-state index in [4.69, 9.17) is 4.98 Å². The van der Waals surface area contributed by atoms with Gasteiger partial charge in [-0.3, -0.25) is 0 Å². The normalized spacial score (nSPS) is 21.1. The lowest BCUT2D eigenvalue weighted by molar-refractivity contribution is 0.290. The van der Waals surface area contributed by atoms with E-state index in [2.05, 4.69) is 4.98 Å². The quantitative estimate of drug-likeness (QED) is 0.725. The lowest BCUT2D eigenvalue weighted by Gasteiger charge is -2.34. The number of halogens is 1. The van der Waals surface area contributed by atoms with Crippen LogP contribution in [0, 0.1) is 5.82 Å². The van der Waals surface area contributed by atoms with Crippen molar-refractivity contribution in [2.24, 2.45) is 0 Å². The lowest BCUT2D eigenvalue weighted by atomic mass is 9.91. The molecule has 9 heteroatoms. The second-order valence-corrected chi connectivity index (χ2v) is 10.1. The summed E-state index contributed by atoms with van der Waals surface area (Å²) in [4.78, 5) is 11.1. The fourth-order valence-corrected chi connectivity index (χ4v) is 6.00. The number of aromatic nitrogens is 2. The molecular weight excluding hydrogens is 405 g/mol. The van der Waals surface area contributed by atoms with E-state index < -0.39 is 10.2 Å². The largest absolute Gasteiger partial charge is 0.347 e. The van der Waals surface area contributed by atoms with Crippen LogP contribution < -0.4 is 4.90 Å². The van der Waals surface area contributed by atoms with Crippen molar-refractivity contribution in [3.63, 3.8) is 0 Å². The average molecular weight is 434 g/mol. The third kappa shape index (κ3) is 4.19. The molecule has 1 aromatic heterocycles. The van der Waals surface area contributed by atoms with E-state index in [9.17, 15) is 12.8 Å². The molecule has 4 rings (SSSR count). The molecule has 0 amide bonds. The van der Waals surface area contributed by atoms with Gasteiger partial charge < -0.3 is 4.90 Å². The van der Waals surface area contributed by atoms with Crippen molar-refractivity contribution in [1.29, 1.82) is 0 Å². The molecule has 1 atom stereocenters. The van der Waals surface area contributed by atoms with E-state index >= 15 is 0 Å². The molecule has 2 aliphatic rings. The van der Waals surface area contributed by atoms with Gasteiger partial charge in [-0.1, -0.05) is 12.1 Å². The predicted octanol–water partition coefficient (Wildman–Crippen LogP) is 2.87. The number of nitrogens with zero attached hydrogens (tertiary/aromatic N) is 5. The van der Waals surface area contributed by atoms with Crippen LogP contribution in [0.15, 0.2) is 30.5 Å². The van der Waals surface area contributed by atoms with Crippen molar-refractivity contribution >= 4 is 16.2 Å². The molecular formula is C21H28FN5O2S. The minimum absolute atomic E-state index is 0.0436. The van der Waals surface area contributed by atoms with Crippen molar-refractivity contribution in [2.45, 2.75) is 31.6 Å². The molecule has 0 spiro atoms.